The number of rotatable bonds is 3. The van der Waals surface area contributed by atoms with Crippen molar-refractivity contribution in [3.8, 4) is 11.3 Å². The standard InChI is InChI=1S/C11H9BO5/c13-11(14)7-3-4-9(12(15)16)8(6-7)10-2-1-5-17-10/h1-6,15-16H,(H,13,14). The van der Waals surface area contributed by atoms with Gasteiger partial charge in [-0.1, -0.05) is 6.07 Å². The summed E-state index contributed by atoms with van der Waals surface area (Å²) in [5.74, 6) is -0.701. The van der Waals surface area contributed by atoms with Crippen molar-refractivity contribution < 1.29 is 24.4 Å². The zero-order chi connectivity index (χ0) is 12.4. The number of furan rings is 1. The van der Waals surface area contributed by atoms with E-state index in [1.165, 1.54) is 24.5 Å². The Morgan fingerprint density at radius 1 is 1.24 bits per heavy atom. The summed E-state index contributed by atoms with van der Waals surface area (Å²) in [7, 11) is -1.68. The Morgan fingerprint density at radius 2 is 2.00 bits per heavy atom. The molecule has 2 aromatic rings. The Hall–Kier alpha value is -2.05. The zero-order valence-corrected chi connectivity index (χ0v) is 8.70. The molecule has 0 amide bonds. The third-order valence-electron chi connectivity index (χ3n) is 2.37. The first-order valence-electron chi connectivity index (χ1n) is 4.87. The number of benzene rings is 1. The Bertz CT molecular complexity index is 533. The summed E-state index contributed by atoms with van der Waals surface area (Å²) < 4.78 is 5.13. The molecule has 0 radical (unpaired) electrons. The summed E-state index contributed by atoms with van der Waals surface area (Å²) in [6.07, 6.45) is 1.43. The van der Waals surface area contributed by atoms with E-state index in [9.17, 15) is 14.8 Å². The molecule has 2 rings (SSSR count). The van der Waals surface area contributed by atoms with E-state index >= 15 is 0 Å². The van der Waals surface area contributed by atoms with Crippen molar-refractivity contribution in [2.75, 3.05) is 0 Å². The molecular weight excluding hydrogens is 223 g/mol. The highest BCUT2D eigenvalue weighted by molar-refractivity contribution is 6.60. The van der Waals surface area contributed by atoms with Gasteiger partial charge in [0, 0.05) is 5.56 Å². The summed E-state index contributed by atoms with van der Waals surface area (Å²) in [6, 6.07) is 7.26. The molecule has 0 aliphatic heterocycles. The molecule has 17 heavy (non-hydrogen) atoms. The van der Waals surface area contributed by atoms with E-state index in [0.717, 1.165) is 0 Å². The number of hydrogen-bond acceptors (Lipinski definition) is 4. The first-order valence-corrected chi connectivity index (χ1v) is 4.87. The van der Waals surface area contributed by atoms with E-state index < -0.39 is 13.1 Å². The molecule has 0 unspecified atom stereocenters. The van der Waals surface area contributed by atoms with Gasteiger partial charge in [-0.15, -0.1) is 0 Å². The Labute approximate surface area is 97.1 Å². The van der Waals surface area contributed by atoms with Gasteiger partial charge in [-0.2, -0.15) is 0 Å². The highest BCUT2D eigenvalue weighted by Crippen LogP contribution is 2.19. The molecule has 0 bridgehead atoms. The number of hydrogen-bond donors (Lipinski definition) is 3. The second-order valence-corrected chi connectivity index (χ2v) is 3.46. The van der Waals surface area contributed by atoms with Gasteiger partial charge in [0.15, 0.2) is 0 Å². The van der Waals surface area contributed by atoms with Gasteiger partial charge in [0.25, 0.3) is 0 Å². The predicted molar refractivity (Wildman–Crippen MR) is 60.9 cm³/mol. The average molecular weight is 232 g/mol. The normalized spacial score (nSPS) is 10.2. The zero-order valence-electron chi connectivity index (χ0n) is 8.70. The van der Waals surface area contributed by atoms with Crippen LogP contribution in [0.1, 0.15) is 10.4 Å². The number of carboxylic acid groups (broad SMARTS) is 1. The molecule has 0 aliphatic carbocycles. The fourth-order valence-corrected chi connectivity index (χ4v) is 1.56. The fraction of sp³-hybridized carbons (Fsp3) is 0. The van der Waals surface area contributed by atoms with Crippen molar-refractivity contribution in [3.05, 3.63) is 42.2 Å². The summed E-state index contributed by atoms with van der Waals surface area (Å²) in [4.78, 5) is 10.8. The molecular formula is C11H9BO5. The molecule has 1 aromatic carbocycles. The lowest BCUT2D eigenvalue weighted by Gasteiger charge is -2.07. The number of carbonyl (C=O) groups is 1. The lowest BCUT2D eigenvalue weighted by molar-refractivity contribution is 0.0697. The minimum absolute atomic E-state index is 0.0563. The monoisotopic (exact) mass is 232 g/mol. The highest BCUT2D eigenvalue weighted by atomic mass is 16.4. The maximum absolute atomic E-state index is 10.8. The van der Waals surface area contributed by atoms with E-state index in [0.29, 0.717) is 11.3 Å². The van der Waals surface area contributed by atoms with Gasteiger partial charge >= 0.3 is 13.1 Å². The van der Waals surface area contributed by atoms with E-state index in [2.05, 4.69) is 0 Å². The molecule has 0 aliphatic rings. The molecule has 0 spiro atoms. The largest absolute Gasteiger partial charge is 0.489 e. The summed E-state index contributed by atoms with van der Waals surface area (Å²) in [5.41, 5.74) is 0.607. The van der Waals surface area contributed by atoms with Crippen molar-refractivity contribution in [2.24, 2.45) is 0 Å². The lowest BCUT2D eigenvalue weighted by atomic mass is 9.76. The minimum atomic E-state index is -1.68. The van der Waals surface area contributed by atoms with Crippen molar-refractivity contribution in [1.29, 1.82) is 0 Å². The molecule has 86 valence electrons. The summed E-state index contributed by atoms with van der Waals surface area (Å²) in [5, 5.41) is 27.3. The van der Waals surface area contributed by atoms with Gasteiger partial charge in [-0.3, -0.25) is 0 Å². The smallest absolute Gasteiger partial charge is 0.478 e. The van der Waals surface area contributed by atoms with Gasteiger partial charge < -0.3 is 19.6 Å². The summed E-state index contributed by atoms with van der Waals surface area (Å²) in [6.45, 7) is 0. The van der Waals surface area contributed by atoms with Gasteiger partial charge in [0.05, 0.1) is 11.8 Å². The fourth-order valence-electron chi connectivity index (χ4n) is 1.56. The Kier molecular flexibility index (Phi) is 2.99. The Morgan fingerprint density at radius 3 is 2.53 bits per heavy atom. The molecule has 6 heteroatoms. The van der Waals surface area contributed by atoms with Crippen molar-refractivity contribution in [3.63, 3.8) is 0 Å². The SMILES string of the molecule is O=C(O)c1ccc(B(O)O)c(-c2ccco2)c1. The van der Waals surface area contributed by atoms with Crippen molar-refractivity contribution >= 4 is 18.6 Å². The van der Waals surface area contributed by atoms with Crippen LogP contribution in [0.25, 0.3) is 11.3 Å². The van der Waals surface area contributed by atoms with Crippen LogP contribution in [0.2, 0.25) is 0 Å². The highest BCUT2D eigenvalue weighted by Gasteiger charge is 2.20. The number of carboxylic acids is 1. The molecule has 5 nitrogen and oxygen atoms in total. The quantitative estimate of drug-likeness (QED) is 0.663. The molecule has 0 fully saturated rings. The van der Waals surface area contributed by atoms with E-state index in [4.69, 9.17) is 9.52 Å². The topological polar surface area (TPSA) is 90.9 Å². The number of aromatic carboxylic acids is 1. The van der Waals surface area contributed by atoms with Gasteiger partial charge in [-0.05, 0) is 29.7 Å². The molecule has 0 saturated heterocycles. The van der Waals surface area contributed by atoms with Crippen molar-refractivity contribution in [1.82, 2.24) is 0 Å². The van der Waals surface area contributed by atoms with Crippen LogP contribution >= 0.6 is 0 Å². The van der Waals surface area contributed by atoms with Gasteiger partial charge in [0.2, 0.25) is 0 Å². The second-order valence-electron chi connectivity index (χ2n) is 3.46. The third kappa shape index (κ3) is 2.22. The second kappa shape index (κ2) is 4.44. The molecule has 0 atom stereocenters. The van der Waals surface area contributed by atoms with Gasteiger partial charge in [0.1, 0.15) is 5.76 Å². The molecule has 1 heterocycles. The predicted octanol–water partition coefficient (Wildman–Crippen LogP) is 0.325. The maximum Gasteiger partial charge on any atom is 0.489 e. The average Bonchev–Trinajstić information content (AvgIpc) is 2.81. The molecule has 1 aromatic heterocycles. The van der Waals surface area contributed by atoms with Crippen LogP contribution in [0.5, 0.6) is 0 Å². The van der Waals surface area contributed by atoms with E-state index in [-0.39, 0.29) is 11.0 Å². The van der Waals surface area contributed by atoms with Crippen molar-refractivity contribution in [2.45, 2.75) is 0 Å². The van der Waals surface area contributed by atoms with Crippen LogP contribution in [0, 0.1) is 0 Å². The minimum Gasteiger partial charge on any atom is -0.478 e. The maximum atomic E-state index is 10.8. The first-order chi connectivity index (χ1) is 8.09. The molecule has 3 N–H and O–H groups in total. The van der Waals surface area contributed by atoms with Crippen LogP contribution in [0.3, 0.4) is 0 Å². The van der Waals surface area contributed by atoms with Crippen LogP contribution in [0.4, 0.5) is 0 Å². The van der Waals surface area contributed by atoms with E-state index in [1.54, 1.807) is 12.1 Å². The van der Waals surface area contributed by atoms with Crippen LogP contribution < -0.4 is 5.46 Å². The Balaban J connectivity index is 2.60. The third-order valence-corrected chi connectivity index (χ3v) is 2.37. The van der Waals surface area contributed by atoms with Crippen LogP contribution in [0.15, 0.2) is 41.0 Å². The lowest BCUT2D eigenvalue weighted by Crippen LogP contribution is -2.31. The van der Waals surface area contributed by atoms with Crippen LogP contribution in [-0.4, -0.2) is 28.2 Å². The molecule has 0 saturated carbocycles. The first kappa shape index (κ1) is 11.4. The summed E-state index contributed by atoms with van der Waals surface area (Å²) >= 11 is 0. The van der Waals surface area contributed by atoms with Crippen LogP contribution in [-0.2, 0) is 0 Å². The van der Waals surface area contributed by atoms with Gasteiger partial charge in [-0.25, -0.2) is 4.79 Å². The van der Waals surface area contributed by atoms with E-state index in [1.807, 2.05) is 0 Å².